The van der Waals surface area contributed by atoms with Crippen molar-refractivity contribution in [2.45, 2.75) is 24.3 Å². The molecule has 0 fully saturated rings. The van der Waals surface area contributed by atoms with Gasteiger partial charge >= 0.3 is 0 Å². The average molecular weight is 382 g/mol. The Morgan fingerprint density at radius 3 is 2.73 bits per heavy atom. The lowest BCUT2D eigenvalue weighted by atomic mass is 10.1. The van der Waals surface area contributed by atoms with Crippen LogP contribution in [-0.2, 0) is 12.2 Å². The molecule has 0 atom stereocenters. The summed E-state index contributed by atoms with van der Waals surface area (Å²) in [6.45, 7) is 2.03. The number of nitriles is 1. The zero-order valence-corrected chi connectivity index (χ0v) is 15.7. The van der Waals surface area contributed by atoms with Gasteiger partial charge in [-0.3, -0.25) is 0 Å². The monoisotopic (exact) mass is 381 g/mol. The number of aromatic nitrogens is 2. The van der Waals surface area contributed by atoms with Crippen molar-refractivity contribution in [2.75, 3.05) is 0 Å². The van der Waals surface area contributed by atoms with Crippen LogP contribution in [0, 0.1) is 11.3 Å². The maximum absolute atomic E-state index is 9.21. The van der Waals surface area contributed by atoms with Gasteiger partial charge in [0.1, 0.15) is 5.75 Å². The van der Waals surface area contributed by atoms with Crippen molar-refractivity contribution in [3.8, 4) is 17.7 Å². The van der Waals surface area contributed by atoms with Crippen LogP contribution in [0.25, 0.3) is 0 Å². The van der Waals surface area contributed by atoms with Crippen LogP contribution in [-0.4, -0.2) is 9.97 Å². The van der Waals surface area contributed by atoms with E-state index < -0.39 is 0 Å². The Morgan fingerprint density at radius 2 is 1.96 bits per heavy atom. The Morgan fingerprint density at radius 1 is 1.12 bits per heavy atom. The lowest BCUT2D eigenvalue weighted by molar-refractivity contribution is 0.454. The first-order chi connectivity index (χ1) is 12.7. The van der Waals surface area contributed by atoms with Crippen molar-refractivity contribution in [2.24, 2.45) is 0 Å². The molecule has 0 amide bonds. The summed E-state index contributed by atoms with van der Waals surface area (Å²) in [7, 11) is 0. The van der Waals surface area contributed by atoms with Gasteiger partial charge in [0, 0.05) is 22.5 Å². The summed E-state index contributed by atoms with van der Waals surface area (Å²) in [5, 5.41) is 10.4. The van der Waals surface area contributed by atoms with Crippen molar-refractivity contribution in [3.05, 3.63) is 76.4 Å². The Kier molecular flexibility index (Phi) is 6.11. The molecule has 0 aliphatic heterocycles. The van der Waals surface area contributed by atoms with Gasteiger partial charge in [0.25, 0.3) is 0 Å². The fourth-order valence-electron chi connectivity index (χ4n) is 2.30. The van der Waals surface area contributed by atoms with Crippen molar-refractivity contribution >= 4 is 23.4 Å². The van der Waals surface area contributed by atoms with Crippen LogP contribution in [0.2, 0.25) is 5.02 Å². The van der Waals surface area contributed by atoms with E-state index in [9.17, 15) is 5.26 Å². The second-order valence-corrected chi connectivity index (χ2v) is 6.83. The van der Waals surface area contributed by atoms with E-state index in [1.54, 1.807) is 12.1 Å². The smallest absolute Gasteiger partial charge is 0.223 e. The molecule has 0 unspecified atom stereocenters. The van der Waals surface area contributed by atoms with E-state index in [2.05, 4.69) is 16.0 Å². The third-order valence-electron chi connectivity index (χ3n) is 3.61. The second kappa shape index (κ2) is 8.70. The molecule has 0 aliphatic rings. The Labute approximate surface area is 161 Å². The topological polar surface area (TPSA) is 58.8 Å². The van der Waals surface area contributed by atoms with Crippen LogP contribution >= 0.6 is 23.4 Å². The molecule has 4 nitrogen and oxygen atoms in total. The zero-order chi connectivity index (χ0) is 18.4. The van der Waals surface area contributed by atoms with Crippen LogP contribution in [0.15, 0.2) is 59.8 Å². The van der Waals surface area contributed by atoms with E-state index in [-0.39, 0.29) is 0 Å². The van der Waals surface area contributed by atoms with Crippen molar-refractivity contribution in [3.63, 3.8) is 0 Å². The summed E-state index contributed by atoms with van der Waals surface area (Å²) in [6.07, 6.45) is 0.775. The van der Waals surface area contributed by atoms with Gasteiger partial charge in [-0.15, -0.1) is 0 Å². The minimum absolute atomic E-state index is 0.482. The molecule has 0 saturated heterocycles. The molecule has 0 radical (unpaired) electrons. The predicted octanol–water partition coefficient (Wildman–Crippen LogP) is 5.65. The van der Waals surface area contributed by atoms with Gasteiger partial charge in [-0.05, 0) is 36.2 Å². The standard InChI is InChI=1S/C20H16ClN3OS/c1-2-17-11-19(25-18-9-5-8-16(21)10-18)24-20(23-17)26-13-15-7-4-3-6-14(15)12-22/h3-11H,2,13H2,1H3. The molecule has 130 valence electrons. The van der Waals surface area contributed by atoms with E-state index >= 15 is 0 Å². The van der Waals surface area contributed by atoms with Crippen LogP contribution < -0.4 is 4.74 Å². The third kappa shape index (κ3) is 4.75. The largest absolute Gasteiger partial charge is 0.439 e. The number of ether oxygens (including phenoxy) is 1. The Hall–Kier alpha value is -2.55. The fraction of sp³-hybridized carbons (Fsp3) is 0.150. The molecule has 6 heteroatoms. The molecule has 0 bridgehead atoms. The molecule has 0 aliphatic carbocycles. The molecule has 3 aromatic rings. The quantitative estimate of drug-likeness (QED) is 0.408. The van der Waals surface area contributed by atoms with Crippen molar-refractivity contribution in [1.82, 2.24) is 9.97 Å². The number of nitrogens with zero attached hydrogens (tertiary/aromatic N) is 3. The highest BCUT2D eigenvalue weighted by molar-refractivity contribution is 7.98. The summed E-state index contributed by atoms with van der Waals surface area (Å²) in [5.41, 5.74) is 2.53. The van der Waals surface area contributed by atoms with Gasteiger partial charge in [0.15, 0.2) is 5.16 Å². The molecular weight excluding hydrogens is 366 g/mol. The molecule has 26 heavy (non-hydrogen) atoms. The summed E-state index contributed by atoms with van der Waals surface area (Å²) in [6, 6.07) is 18.8. The lowest BCUT2D eigenvalue weighted by Gasteiger charge is -2.09. The zero-order valence-electron chi connectivity index (χ0n) is 14.1. The van der Waals surface area contributed by atoms with E-state index in [4.69, 9.17) is 16.3 Å². The minimum atomic E-state index is 0.482. The molecular formula is C20H16ClN3OS. The average Bonchev–Trinajstić information content (AvgIpc) is 2.66. The van der Waals surface area contributed by atoms with Gasteiger partial charge in [-0.2, -0.15) is 10.2 Å². The minimum Gasteiger partial charge on any atom is -0.439 e. The SMILES string of the molecule is CCc1cc(Oc2cccc(Cl)c2)nc(SCc2ccccc2C#N)n1. The summed E-state index contributed by atoms with van der Waals surface area (Å²) in [4.78, 5) is 9.03. The molecule has 2 aromatic carbocycles. The molecule has 3 rings (SSSR count). The predicted molar refractivity (Wildman–Crippen MR) is 104 cm³/mol. The lowest BCUT2D eigenvalue weighted by Crippen LogP contribution is -1.98. The number of thioether (sulfide) groups is 1. The molecule has 0 saturated carbocycles. The normalized spacial score (nSPS) is 10.3. The fourth-order valence-corrected chi connectivity index (χ4v) is 3.35. The van der Waals surface area contributed by atoms with Crippen LogP contribution in [0.1, 0.15) is 23.7 Å². The van der Waals surface area contributed by atoms with E-state index in [1.807, 2.05) is 49.4 Å². The number of aryl methyl sites for hydroxylation is 1. The Bertz CT molecular complexity index is 956. The molecule has 0 N–H and O–H groups in total. The maximum Gasteiger partial charge on any atom is 0.223 e. The first kappa shape index (κ1) is 18.2. The van der Waals surface area contributed by atoms with Gasteiger partial charge < -0.3 is 4.74 Å². The number of benzene rings is 2. The first-order valence-electron chi connectivity index (χ1n) is 8.10. The Balaban J connectivity index is 1.80. The molecule has 0 spiro atoms. The maximum atomic E-state index is 9.21. The highest BCUT2D eigenvalue weighted by atomic mass is 35.5. The highest BCUT2D eigenvalue weighted by Gasteiger charge is 2.09. The molecule has 1 heterocycles. The van der Waals surface area contributed by atoms with Gasteiger partial charge in [0.2, 0.25) is 5.88 Å². The number of halogens is 1. The van der Waals surface area contributed by atoms with E-state index in [0.29, 0.717) is 33.1 Å². The number of rotatable bonds is 6. The van der Waals surface area contributed by atoms with Crippen molar-refractivity contribution in [1.29, 1.82) is 5.26 Å². The van der Waals surface area contributed by atoms with Gasteiger partial charge in [-0.1, -0.05) is 54.6 Å². The number of hydrogen-bond donors (Lipinski definition) is 0. The van der Waals surface area contributed by atoms with Crippen LogP contribution in [0.4, 0.5) is 0 Å². The van der Waals surface area contributed by atoms with Crippen LogP contribution in [0.5, 0.6) is 11.6 Å². The van der Waals surface area contributed by atoms with Crippen LogP contribution in [0.3, 0.4) is 0 Å². The molecule has 1 aromatic heterocycles. The van der Waals surface area contributed by atoms with E-state index in [1.165, 1.54) is 11.8 Å². The summed E-state index contributed by atoms with van der Waals surface area (Å²) in [5.74, 6) is 1.73. The first-order valence-corrected chi connectivity index (χ1v) is 9.46. The summed E-state index contributed by atoms with van der Waals surface area (Å²) >= 11 is 7.48. The van der Waals surface area contributed by atoms with E-state index in [0.717, 1.165) is 17.7 Å². The second-order valence-electron chi connectivity index (χ2n) is 5.45. The van der Waals surface area contributed by atoms with Gasteiger partial charge in [0.05, 0.1) is 11.6 Å². The highest BCUT2D eigenvalue weighted by Crippen LogP contribution is 2.27. The van der Waals surface area contributed by atoms with Crippen molar-refractivity contribution < 1.29 is 4.74 Å². The summed E-state index contributed by atoms with van der Waals surface area (Å²) < 4.78 is 5.84. The van der Waals surface area contributed by atoms with Gasteiger partial charge in [-0.25, -0.2) is 4.98 Å². The third-order valence-corrected chi connectivity index (χ3v) is 4.74. The number of hydrogen-bond acceptors (Lipinski definition) is 5.